The molecular formula is C9H11N3O. The maximum absolute atomic E-state index is 11.5. The summed E-state index contributed by atoms with van der Waals surface area (Å²) in [7, 11) is 1.72. The Morgan fingerprint density at radius 1 is 1.46 bits per heavy atom. The van der Waals surface area contributed by atoms with Gasteiger partial charge in [0.1, 0.15) is 0 Å². The van der Waals surface area contributed by atoms with Gasteiger partial charge >= 0.3 is 0 Å². The zero-order valence-corrected chi connectivity index (χ0v) is 7.69. The second-order valence-electron chi connectivity index (χ2n) is 3.01. The van der Waals surface area contributed by atoms with Crippen LogP contribution in [0.5, 0.6) is 0 Å². The lowest BCUT2D eigenvalue weighted by Gasteiger charge is -1.99. The lowest BCUT2D eigenvalue weighted by Crippen LogP contribution is -2.18. The van der Waals surface area contributed by atoms with Crippen molar-refractivity contribution in [2.75, 3.05) is 0 Å². The Labute approximate surface area is 75.5 Å². The Bertz CT molecular complexity index is 495. The molecule has 13 heavy (non-hydrogen) atoms. The first kappa shape index (κ1) is 8.04. The van der Waals surface area contributed by atoms with E-state index in [9.17, 15) is 4.79 Å². The number of hydrogen-bond acceptors (Lipinski definition) is 2. The minimum absolute atomic E-state index is 0.0535. The van der Waals surface area contributed by atoms with E-state index in [2.05, 4.69) is 4.98 Å². The topological polar surface area (TPSA) is 39.3 Å². The molecule has 2 aromatic rings. The molecule has 0 aliphatic heterocycles. The van der Waals surface area contributed by atoms with Gasteiger partial charge < -0.3 is 4.57 Å². The molecule has 0 amide bonds. The van der Waals surface area contributed by atoms with E-state index < -0.39 is 0 Å². The highest BCUT2D eigenvalue weighted by molar-refractivity contribution is 5.37. The first-order valence-electron chi connectivity index (χ1n) is 4.25. The Balaban J connectivity index is 2.89. The highest BCUT2D eigenvalue weighted by Gasteiger charge is 2.04. The first-order chi connectivity index (χ1) is 6.24. The van der Waals surface area contributed by atoms with Gasteiger partial charge in [0.25, 0.3) is 5.56 Å². The van der Waals surface area contributed by atoms with Crippen LogP contribution >= 0.6 is 0 Å². The Morgan fingerprint density at radius 2 is 2.23 bits per heavy atom. The molecule has 0 aliphatic carbocycles. The molecule has 68 valence electrons. The Hall–Kier alpha value is -1.58. The quantitative estimate of drug-likeness (QED) is 0.639. The number of rotatable bonds is 1. The maximum atomic E-state index is 11.5. The van der Waals surface area contributed by atoms with Crippen molar-refractivity contribution in [3.8, 4) is 0 Å². The highest BCUT2D eigenvalue weighted by Crippen LogP contribution is 2.01. The number of nitrogens with zero attached hydrogens (tertiary/aromatic N) is 3. The van der Waals surface area contributed by atoms with Crippen LogP contribution in [0.1, 0.15) is 12.6 Å². The van der Waals surface area contributed by atoms with Crippen LogP contribution in [-0.4, -0.2) is 14.0 Å². The van der Waals surface area contributed by atoms with Crippen LogP contribution in [0.25, 0.3) is 5.65 Å². The number of imidazole rings is 1. The number of aromatic nitrogens is 3. The molecule has 0 aromatic carbocycles. The summed E-state index contributed by atoms with van der Waals surface area (Å²) in [6, 6.07) is 0. The fraction of sp³-hybridized carbons (Fsp3) is 0.333. The van der Waals surface area contributed by atoms with Crippen LogP contribution in [0.3, 0.4) is 0 Å². The summed E-state index contributed by atoms with van der Waals surface area (Å²) in [5.74, 6) is 0. The molecule has 0 bridgehead atoms. The van der Waals surface area contributed by atoms with E-state index in [1.165, 1.54) is 4.57 Å². The molecule has 0 N–H and O–H groups in total. The minimum atomic E-state index is -0.0535. The van der Waals surface area contributed by atoms with Crippen molar-refractivity contribution < 1.29 is 0 Å². The van der Waals surface area contributed by atoms with Crippen LogP contribution in [0, 0.1) is 0 Å². The lowest BCUT2D eigenvalue weighted by molar-refractivity contribution is 0.833. The van der Waals surface area contributed by atoms with Gasteiger partial charge in [-0.15, -0.1) is 0 Å². The third-order valence-electron chi connectivity index (χ3n) is 2.19. The fourth-order valence-electron chi connectivity index (χ4n) is 1.37. The van der Waals surface area contributed by atoms with Crippen molar-refractivity contribution in [2.45, 2.75) is 13.3 Å². The van der Waals surface area contributed by atoms with Crippen molar-refractivity contribution >= 4 is 5.65 Å². The average molecular weight is 177 g/mol. The van der Waals surface area contributed by atoms with E-state index in [4.69, 9.17) is 0 Å². The molecule has 0 spiro atoms. The summed E-state index contributed by atoms with van der Waals surface area (Å²) < 4.78 is 3.37. The standard InChI is InChI=1S/C9H11N3O/c1-3-7-6-10-8-9(13)11(2)4-5-12(7)8/h4-6H,3H2,1-2H3. The summed E-state index contributed by atoms with van der Waals surface area (Å²) in [6.07, 6.45) is 6.24. The predicted octanol–water partition coefficient (Wildman–Crippen LogP) is 0.595. The molecule has 2 aromatic heterocycles. The zero-order valence-electron chi connectivity index (χ0n) is 7.69. The molecule has 4 heteroatoms. The lowest BCUT2D eigenvalue weighted by atomic mass is 10.4. The third-order valence-corrected chi connectivity index (χ3v) is 2.19. The van der Waals surface area contributed by atoms with Gasteiger partial charge in [-0.1, -0.05) is 6.92 Å². The van der Waals surface area contributed by atoms with Crippen molar-refractivity contribution in [3.05, 3.63) is 34.6 Å². The third kappa shape index (κ3) is 1.06. The maximum Gasteiger partial charge on any atom is 0.293 e. The zero-order chi connectivity index (χ0) is 9.42. The Morgan fingerprint density at radius 3 is 2.92 bits per heavy atom. The van der Waals surface area contributed by atoms with Crippen molar-refractivity contribution in [1.82, 2.24) is 14.0 Å². The summed E-state index contributed by atoms with van der Waals surface area (Å²) in [4.78, 5) is 15.6. The molecule has 0 atom stereocenters. The van der Waals surface area contributed by atoms with Gasteiger partial charge in [0.2, 0.25) is 5.65 Å². The minimum Gasteiger partial charge on any atom is -0.314 e. The van der Waals surface area contributed by atoms with E-state index in [0.717, 1.165) is 12.1 Å². The summed E-state index contributed by atoms with van der Waals surface area (Å²) >= 11 is 0. The smallest absolute Gasteiger partial charge is 0.293 e. The highest BCUT2D eigenvalue weighted by atomic mass is 16.1. The van der Waals surface area contributed by atoms with Crippen LogP contribution in [0.15, 0.2) is 23.4 Å². The average Bonchev–Trinajstić information content (AvgIpc) is 2.55. The van der Waals surface area contributed by atoms with Crippen LogP contribution < -0.4 is 5.56 Å². The van der Waals surface area contributed by atoms with Gasteiger partial charge in [0.05, 0.1) is 0 Å². The molecule has 0 unspecified atom stereocenters. The van der Waals surface area contributed by atoms with Gasteiger partial charge in [-0.25, -0.2) is 4.98 Å². The molecule has 0 radical (unpaired) electrons. The number of aryl methyl sites for hydroxylation is 2. The monoisotopic (exact) mass is 177 g/mol. The normalized spacial score (nSPS) is 10.9. The second-order valence-corrected chi connectivity index (χ2v) is 3.01. The fourth-order valence-corrected chi connectivity index (χ4v) is 1.37. The summed E-state index contributed by atoms with van der Waals surface area (Å²) in [6.45, 7) is 2.04. The SMILES string of the molecule is CCc1cnc2c(=O)n(C)ccn12. The molecule has 4 nitrogen and oxygen atoms in total. The van der Waals surface area contributed by atoms with Gasteiger partial charge in [0, 0.05) is 31.3 Å². The Kier molecular flexibility index (Phi) is 1.69. The van der Waals surface area contributed by atoms with E-state index >= 15 is 0 Å². The molecule has 0 saturated heterocycles. The van der Waals surface area contributed by atoms with Crippen LogP contribution in [0.2, 0.25) is 0 Å². The van der Waals surface area contributed by atoms with E-state index in [-0.39, 0.29) is 5.56 Å². The van der Waals surface area contributed by atoms with Crippen molar-refractivity contribution in [2.24, 2.45) is 7.05 Å². The second kappa shape index (κ2) is 2.73. The molecular weight excluding hydrogens is 166 g/mol. The number of fused-ring (bicyclic) bond motifs is 1. The van der Waals surface area contributed by atoms with Crippen molar-refractivity contribution in [1.29, 1.82) is 0 Å². The number of hydrogen-bond donors (Lipinski definition) is 0. The van der Waals surface area contributed by atoms with E-state index in [0.29, 0.717) is 5.65 Å². The molecule has 0 saturated carbocycles. The van der Waals surface area contributed by atoms with Gasteiger partial charge in [-0.3, -0.25) is 9.20 Å². The van der Waals surface area contributed by atoms with E-state index in [1.807, 2.05) is 17.5 Å². The van der Waals surface area contributed by atoms with Crippen LogP contribution in [0.4, 0.5) is 0 Å². The molecule has 0 aliphatic rings. The molecule has 2 rings (SSSR count). The first-order valence-corrected chi connectivity index (χ1v) is 4.25. The molecule has 2 heterocycles. The van der Waals surface area contributed by atoms with Gasteiger partial charge in [0.15, 0.2) is 0 Å². The summed E-state index contributed by atoms with van der Waals surface area (Å²) in [5.41, 5.74) is 1.51. The largest absolute Gasteiger partial charge is 0.314 e. The van der Waals surface area contributed by atoms with Crippen molar-refractivity contribution in [3.63, 3.8) is 0 Å². The van der Waals surface area contributed by atoms with Crippen LogP contribution in [-0.2, 0) is 13.5 Å². The van der Waals surface area contributed by atoms with Gasteiger partial charge in [-0.2, -0.15) is 0 Å². The summed E-state index contributed by atoms with van der Waals surface area (Å²) in [5, 5.41) is 0. The predicted molar refractivity (Wildman–Crippen MR) is 49.8 cm³/mol. The van der Waals surface area contributed by atoms with E-state index in [1.54, 1.807) is 19.4 Å². The van der Waals surface area contributed by atoms with Gasteiger partial charge in [-0.05, 0) is 6.42 Å². The molecule has 0 fully saturated rings.